The van der Waals surface area contributed by atoms with Crippen molar-refractivity contribution in [2.75, 3.05) is 18.6 Å². The number of benzene rings is 3. The van der Waals surface area contributed by atoms with Gasteiger partial charge in [0.25, 0.3) is 0 Å². The largest absolute Gasteiger partial charge is 0.324 e. The molecule has 0 heterocycles. The Balaban J connectivity index is 2.00. The topological polar surface area (TPSA) is 66.5 Å². The van der Waals surface area contributed by atoms with E-state index < -0.39 is 22.0 Å². The van der Waals surface area contributed by atoms with Gasteiger partial charge in [0, 0.05) is 18.1 Å². The molecule has 0 fully saturated rings. The molecule has 0 aliphatic carbocycles. The van der Waals surface area contributed by atoms with E-state index >= 15 is 0 Å². The number of sulfonamides is 1. The molecule has 0 bridgehead atoms. The Morgan fingerprint density at radius 2 is 1.54 bits per heavy atom. The van der Waals surface area contributed by atoms with Crippen molar-refractivity contribution in [1.29, 1.82) is 0 Å². The molecular formula is C20H20N2O3S. The Bertz CT molecular complexity index is 1030. The number of hydrogen-bond acceptors (Lipinski definition) is 3. The van der Waals surface area contributed by atoms with Gasteiger partial charge in [-0.15, -0.1) is 0 Å². The summed E-state index contributed by atoms with van der Waals surface area (Å²) in [7, 11) is -2.15. The highest BCUT2D eigenvalue weighted by Gasteiger charge is 2.30. The first kappa shape index (κ1) is 18.1. The van der Waals surface area contributed by atoms with Crippen LogP contribution < -0.4 is 5.32 Å². The predicted octanol–water partition coefficient (Wildman–Crippen LogP) is 3.41. The average Bonchev–Trinajstić information content (AvgIpc) is 2.62. The summed E-state index contributed by atoms with van der Waals surface area (Å²) in [5, 5.41) is 4.79. The lowest BCUT2D eigenvalue weighted by molar-refractivity contribution is -0.119. The molecule has 1 N–H and O–H groups in total. The van der Waals surface area contributed by atoms with Crippen molar-refractivity contribution in [3.8, 4) is 0 Å². The van der Waals surface area contributed by atoms with Crippen molar-refractivity contribution in [2.45, 2.75) is 6.04 Å². The SMILES string of the molecule is CN(C(C(=O)Nc1cccc2ccccc12)c1ccccc1)S(C)(=O)=O. The van der Waals surface area contributed by atoms with Crippen molar-refractivity contribution in [3.63, 3.8) is 0 Å². The van der Waals surface area contributed by atoms with E-state index in [9.17, 15) is 13.2 Å². The lowest BCUT2D eigenvalue weighted by Gasteiger charge is -2.26. The van der Waals surface area contributed by atoms with E-state index in [1.54, 1.807) is 24.3 Å². The van der Waals surface area contributed by atoms with Gasteiger partial charge in [-0.3, -0.25) is 4.79 Å². The molecule has 0 aliphatic heterocycles. The van der Waals surface area contributed by atoms with Gasteiger partial charge in [0.15, 0.2) is 0 Å². The number of amides is 1. The second-order valence-corrected chi connectivity index (χ2v) is 8.15. The number of hydrogen-bond donors (Lipinski definition) is 1. The van der Waals surface area contributed by atoms with Crippen molar-refractivity contribution in [2.24, 2.45) is 0 Å². The highest BCUT2D eigenvalue weighted by atomic mass is 32.2. The number of carbonyl (C=O) groups is 1. The Hall–Kier alpha value is -2.70. The number of rotatable bonds is 5. The summed E-state index contributed by atoms with van der Waals surface area (Å²) in [5.41, 5.74) is 1.26. The molecule has 3 rings (SSSR count). The fourth-order valence-electron chi connectivity index (χ4n) is 2.89. The summed E-state index contributed by atoms with van der Waals surface area (Å²) in [6.45, 7) is 0. The highest BCUT2D eigenvalue weighted by molar-refractivity contribution is 7.88. The minimum absolute atomic E-state index is 0.402. The van der Waals surface area contributed by atoms with E-state index in [-0.39, 0.29) is 0 Å². The molecule has 3 aromatic rings. The number of nitrogens with zero attached hydrogens (tertiary/aromatic N) is 1. The Morgan fingerprint density at radius 1 is 0.923 bits per heavy atom. The van der Waals surface area contributed by atoms with E-state index in [1.165, 1.54) is 7.05 Å². The third kappa shape index (κ3) is 3.76. The second kappa shape index (κ2) is 7.27. The Morgan fingerprint density at radius 3 is 2.23 bits per heavy atom. The van der Waals surface area contributed by atoms with Gasteiger partial charge in [0.2, 0.25) is 15.9 Å². The van der Waals surface area contributed by atoms with Crippen molar-refractivity contribution in [3.05, 3.63) is 78.4 Å². The van der Waals surface area contributed by atoms with Gasteiger partial charge in [-0.05, 0) is 17.0 Å². The van der Waals surface area contributed by atoms with Crippen LogP contribution in [0.15, 0.2) is 72.8 Å². The average molecular weight is 368 g/mol. The lowest BCUT2D eigenvalue weighted by Crippen LogP contribution is -2.38. The van der Waals surface area contributed by atoms with Crippen LogP contribution in [0.5, 0.6) is 0 Å². The summed E-state index contributed by atoms with van der Waals surface area (Å²) in [6, 6.07) is 21.3. The zero-order valence-electron chi connectivity index (χ0n) is 14.6. The van der Waals surface area contributed by atoms with Gasteiger partial charge in [0.05, 0.1) is 6.26 Å². The van der Waals surface area contributed by atoms with Crippen molar-refractivity contribution >= 4 is 32.4 Å². The molecule has 0 saturated heterocycles. The molecule has 6 heteroatoms. The molecule has 0 radical (unpaired) electrons. The van der Waals surface area contributed by atoms with Gasteiger partial charge in [-0.2, -0.15) is 4.31 Å². The number of likely N-dealkylation sites (N-methyl/N-ethyl adjacent to an activating group) is 1. The van der Waals surface area contributed by atoms with Gasteiger partial charge >= 0.3 is 0 Å². The van der Waals surface area contributed by atoms with Gasteiger partial charge < -0.3 is 5.32 Å². The summed E-state index contributed by atoms with van der Waals surface area (Å²) < 4.78 is 25.2. The van der Waals surface area contributed by atoms with E-state index in [0.717, 1.165) is 21.3 Å². The minimum atomic E-state index is -3.56. The number of fused-ring (bicyclic) bond motifs is 1. The molecule has 1 amide bonds. The molecule has 3 aromatic carbocycles. The van der Waals surface area contributed by atoms with E-state index in [1.807, 2.05) is 48.5 Å². The first-order valence-electron chi connectivity index (χ1n) is 8.14. The van der Waals surface area contributed by atoms with Crippen molar-refractivity contribution < 1.29 is 13.2 Å². The zero-order valence-corrected chi connectivity index (χ0v) is 15.4. The molecule has 0 aromatic heterocycles. The van der Waals surface area contributed by atoms with Crippen LogP contribution in [0.3, 0.4) is 0 Å². The molecule has 26 heavy (non-hydrogen) atoms. The van der Waals surface area contributed by atoms with Crippen LogP contribution in [0.2, 0.25) is 0 Å². The van der Waals surface area contributed by atoms with E-state index in [2.05, 4.69) is 5.32 Å². The predicted molar refractivity (Wildman–Crippen MR) is 104 cm³/mol. The van der Waals surface area contributed by atoms with Crippen LogP contribution >= 0.6 is 0 Å². The molecule has 5 nitrogen and oxygen atoms in total. The van der Waals surface area contributed by atoms with Crippen LogP contribution in [0, 0.1) is 0 Å². The highest BCUT2D eigenvalue weighted by Crippen LogP contribution is 2.27. The normalized spacial score (nSPS) is 12.9. The fraction of sp³-hybridized carbons (Fsp3) is 0.150. The quantitative estimate of drug-likeness (QED) is 0.750. The second-order valence-electron chi connectivity index (χ2n) is 6.11. The maximum atomic E-state index is 13.0. The molecule has 1 atom stereocenters. The van der Waals surface area contributed by atoms with Gasteiger partial charge in [-0.1, -0.05) is 66.7 Å². The fourth-order valence-corrected chi connectivity index (χ4v) is 3.49. The standard InChI is InChI=1S/C20H20N2O3S/c1-22(26(2,24)25)19(16-10-4-3-5-11-16)20(23)21-18-14-8-12-15-9-6-7-13-17(15)18/h3-14,19H,1-2H3,(H,21,23). The molecule has 134 valence electrons. The van der Waals surface area contributed by atoms with Gasteiger partial charge in [-0.25, -0.2) is 8.42 Å². The smallest absolute Gasteiger partial charge is 0.247 e. The van der Waals surface area contributed by atoms with Crippen LogP contribution in [0.4, 0.5) is 5.69 Å². The minimum Gasteiger partial charge on any atom is -0.324 e. The molecule has 0 aliphatic rings. The summed E-state index contributed by atoms with van der Waals surface area (Å²) >= 11 is 0. The van der Waals surface area contributed by atoms with Crippen LogP contribution in [-0.2, 0) is 14.8 Å². The zero-order chi connectivity index (χ0) is 18.7. The molecule has 0 saturated carbocycles. The first-order valence-corrected chi connectivity index (χ1v) is 9.99. The van der Waals surface area contributed by atoms with E-state index in [4.69, 9.17) is 0 Å². The van der Waals surface area contributed by atoms with E-state index in [0.29, 0.717) is 11.3 Å². The molecule has 1 unspecified atom stereocenters. The summed E-state index contributed by atoms with van der Waals surface area (Å²) in [5.74, 6) is -0.402. The molecule has 0 spiro atoms. The number of carbonyl (C=O) groups excluding carboxylic acids is 1. The third-order valence-electron chi connectivity index (χ3n) is 4.30. The number of anilines is 1. The monoisotopic (exact) mass is 368 g/mol. The van der Waals surface area contributed by atoms with Crippen LogP contribution in [-0.4, -0.2) is 31.9 Å². The van der Waals surface area contributed by atoms with Gasteiger partial charge in [0.1, 0.15) is 6.04 Å². The third-order valence-corrected chi connectivity index (χ3v) is 5.55. The first-order chi connectivity index (χ1) is 12.4. The lowest BCUT2D eigenvalue weighted by atomic mass is 10.1. The number of nitrogens with one attached hydrogen (secondary N) is 1. The molecular weight excluding hydrogens is 348 g/mol. The van der Waals surface area contributed by atoms with Crippen LogP contribution in [0.1, 0.15) is 11.6 Å². The maximum Gasteiger partial charge on any atom is 0.247 e. The Labute approximate surface area is 153 Å². The summed E-state index contributed by atoms with van der Waals surface area (Å²) in [6.07, 6.45) is 1.09. The maximum absolute atomic E-state index is 13.0. The summed E-state index contributed by atoms with van der Waals surface area (Å²) in [4.78, 5) is 13.0. The Kier molecular flexibility index (Phi) is 5.06. The van der Waals surface area contributed by atoms with Crippen molar-refractivity contribution in [1.82, 2.24) is 4.31 Å². The van der Waals surface area contributed by atoms with Crippen LogP contribution in [0.25, 0.3) is 10.8 Å².